The molecule has 0 unspecified atom stereocenters. The average Bonchev–Trinajstić information content (AvgIpc) is 2.40. The van der Waals surface area contributed by atoms with Crippen LogP contribution in [0.4, 0.5) is 0 Å². The second-order valence-electron chi connectivity index (χ2n) is 5.26. The number of carbonyl (C=O) groups excluding carboxylic acids is 1. The molecule has 2 heterocycles. The van der Waals surface area contributed by atoms with Gasteiger partial charge in [0.2, 0.25) is 5.91 Å². The van der Waals surface area contributed by atoms with Gasteiger partial charge in [0.25, 0.3) is 0 Å². The van der Waals surface area contributed by atoms with Crippen LogP contribution in [-0.4, -0.2) is 49.6 Å². The lowest BCUT2D eigenvalue weighted by Crippen LogP contribution is -2.48. The molecular formula is C13H25N3O. The molecule has 0 aromatic rings. The molecule has 0 aromatic heterocycles. The molecule has 4 heteroatoms. The fourth-order valence-electron chi connectivity index (χ4n) is 2.79. The van der Waals surface area contributed by atoms with Gasteiger partial charge in [-0.2, -0.15) is 0 Å². The highest BCUT2D eigenvalue weighted by Gasteiger charge is 2.25. The van der Waals surface area contributed by atoms with Crippen molar-refractivity contribution in [1.82, 2.24) is 15.5 Å². The molecule has 0 saturated carbocycles. The summed E-state index contributed by atoms with van der Waals surface area (Å²) >= 11 is 0. The Labute approximate surface area is 104 Å². The molecule has 1 atom stereocenters. The Kier molecular flexibility index (Phi) is 4.80. The van der Waals surface area contributed by atoms with Gasteiger partial charge in [-0.05, 0) is 38.8 Å². The number of rotatable bonds is 3. The first-order valence-electron chi connectivity index (χ1n) is 7.03. The van der Waals surface area contributed by atoms with E-state index in [0.717, 1.165) is 58.4 Å². The number of likely N-dealkylation sites (tertiary alicyclic amines) is 1. The quantitative estimate of drug-likeness (QED) is 0.757. The summed E-state index contributed by atoms with van der Waals surface area (Å²) in [7, 11) is 0. The van der Waals surface area contributed by atoms with Crippen LogP contribution in [0.2, 0.25) is 0 Å². The SMILES string of the molecule is CCN1CCC(NC(=O)[C@H]2CCCNC2)CC1. The Morgan fingerprint density at radius 2 is 2.12 bits per heavy atom. The molecule has 17 heavy (non-hydrogen) atoms. The van der Waals surface area contributed by atoms with Crippen molar-refractivity contribution in [2.24, 2.45) is 5.92 Å². The van der Waals surface area contributed by atoms with Gasteiger partial charge in [-0.15, -0.1) is 0 Å². The highest BCUT2D eigenvalue weighted by Crippen LogP contribution is 2.13. The minimum atomic E-state index is 0.202. The predicted octanol–water partition coefficient (Wildman–Crippen LogP) is 0.587. The van der Waals surface area contributed by atoms with Crippen LogP contribution >= 0.6 is 0 Å². The third-order valence-electron chi connectivity index (χ3n) is 4.05. The van der Waals surface area contributed by atoms with E-state index in [1.54, 1.807) is 0 Å². The summed E-state index contributed by atoms with van der Waals surface area (Å²) in [6.45, 7) is 7.52. The first-order valence-corrected chi connectivity index (χ1v) is 7.03. The number of nitrogens with zero attached hydrogens (tertiary/aromatic N) is 1. The number of carbonyl (C=O) groups is 1. The lowest BCUT2D eigenvalue weighted by molar-refractivity contribution is -0.126. The molecule has 0 radical (unpaired) electrons. The zero-order valence-electron chi connectivity index (χ0n) is 10.9. The van der Waals surface area contributed by atoms with E-state index in [1.165, 1.54) is 0 Å². The molecule has 2 rings (SSSR count). The maximum Gasteiger partial charge on any atom is 0.224 e. The van der Waals surface area contributed by atoms with Gasteiger partial charge in [0.15, 0.2) is 0 Å². The van der Waals surface area contributed by atoms with E-state index in [1.807, 2.05) is 0 Å². The molecule has 0 aromatic carbocycles. The van der Waals surface area contributed by atoms with Gasteiger partial charge < -0.3 is 15.5 Å². The summed E-state index contributed by atoms with van der Waals surface area (Å²) in [6, 6.07) is 0.409. The van der Waals surface area contributed by atoms with E-state index in [2.05, 4.69) is 22.5 Å². The fourth-order valence-corrected chi connectivity index (χ4v) is 2.79. The molecular weight excluding hydrogens is 214 g/mol. The Morgan fingerprint density at radius 3 is 2.71 bits per heavy atom. The van der Waals surface area contributed by atoms with Crippen LogP contribution < -0.4 is 10.6 Å². The highest BCUT2D eigenvalue weighted by atomic mass is 16.2. The van der Waals surface area contributed by atoms with Crippen molar-refractivity contribution < 1.29 is 4.79 Å². The summed E-state index contributed by atoms with van der Waals surface area (Å²) in [5.74, 6) is 0.472. The summed E-state index contributed by atoms with van der Waals surface area (Å²) in [6.07, 6.45) is 4.40. The van der Waals surface area contributed by atoms with Gasteiger partial charge in [0.1, 0.15) is 0 Å². The molecule has 4 nitrogen and oxygen atoms in total. The summed E-state index contributed by atoms with van der Waals surface area (Å²) in [5.41, 5.74) is 0. The minimum absolute atomic E-state index is 0.202. The summed E-state index contributed by atoms with van der Waals surface area (Å²) < 4.78 is 0. The van der Waals surface area contributed by atoms with Gasteiger partial charge in [-0.1, -0.05) is 6.92 Å². The number of piperidine rings is 2. The molecule has 1 amide bonds. The normalized spacial score (nSPS) is 27.9. The van der Waals surface area contributed by atoms with Crippen molar-refractivity contribution in [1.29, 1.82) is 0 Å². The summed E-state index contributed by atoms with van der Waals surface area (Å²) in [4.78, 5) is 14.5. The molecule has 0 aliphatic carbocycles. The molecule has 98 valence electrons. The van der Waals surface area contributed by atoms with Crippen molar-refractivity contribution in [3.05, 3.63) is 0 Å². The van der Waals surface area contributed by atoms with Crippen LogP contribution in [-0.2, 0) is 4.79 Å². The largest absolute Gasteiger partial charge is 0.353 e. The number of hydrogen-bond donors (Lipinski definition) is 2. The zero-order valence-corrected chi connectivity index (χ0v) is 10.9. The van der Waals surface area contributed by atoms with E-state index >= 15 is 0 Å². The fraction of sp³-hybridized carbons (Fsp3) is 0.923. The third kappa shape index (κ3) is 3.68. The van der Waals surface area contributed by atoms with Gasteiger partial charge in [0, 0.05) is 25.7 Å². The Morgan fingerprint density at radius 1 is 1.35 bits per heavy atom. The molecule has 0 spiro atoms. The maximum atomic E-state index is 12.1. The Hall–Kier alpha value is -0.610. The van der Waals surface area contributed by atoms with Crippen molar-refractivity contribution in [3.8, 4) is 0 Å². The molecule has 0 bridgehead atoms. The van der Waals surface area contributed by atoms with Crippen molar-refractivity contribution in [2.45, 2.75) is 38.6 Å². The zero-order chi connectivity index (χ0) is 12.1. The molecule has 2 aliphatic heterocycles. The van der Waals surface area contributed by atoms with E-state index in [-0.39, 0.29) is 11.8 Å². The third-order valence-corrected chi connectivity index (χ3v) is 4.05. The van der Waals surface area contributed by atoms with Crippen LogP contribution in [0.15, 0.2) is 0 Å². The predicted molar refractivity (Wildman–Crippen MR) is 68.9 cm³/mol. The van der Waals surface area contributed by atoms with Crippen LogP contribution in [0.5, 0.6) is 0 Å². The molecule has 2 saturated heterocycles. The topological polar surface area (TPSA) is 44.4 Å². The van der Waals surface area contributed by atoms with Crippen molar-refractivity contribution >= 4 is 5.91 Å². The summed E-state index contributed by atoms with van der Waals surface area (Å²) in [5, 5.41) is 6.53. The number of nitrogens with one attached hydrogen (secondary N) is 2. The van der Waals surface area contributed by atoms with Gasteiger partial charge in [0.05, 0.1) is 5.92 Å². The number of amides is 1. The van der Waals surface area contributed by atoms with Crippen molar-refractivity contribution in [2.75, 3.05) is 32.7 Å². The van der Waals surface area contributed by atoms with E-state index < -0.39 is 0 Å². The van der Waals surface area contributed by atoms with Crippen LogP contribution in [0, 0.1) is 5.92 Å². The molecule has 2 N–H and O–H groups in total. The standard InChI is InChI=1S/C13H25N3O/c1-2-16-8-5-12(6-9-16)15-13(17)11-4-3-7-14-10-11/h11-12,14H,2-10H2,1H3,(H,15,17)/t11-/m0/s1. The van der Waals surface area contributed by atoms with Crippen molar-refractivity contribution in [3.63, 3.8) is 0 Å². The van der Waals surface area contributed by atoms with Gasteiger partial charge in [-0.25, -0.2) is 0 Å². The second-order valence-corrected chi connectivity index (χ2v) is 5.26. The van der Waals surface area contributed by atoms with Crippen LogP contribution in [0.3, 0.4) is 0 Å². The molecule has 2 aliphatic rings. The molecule has 2 fully saturated rings. The highest BCUT2D eigenvalue weighted by molar-refractivity contribution is 5.79. The van der Waals surface area contributed by atoms with Gasteiger partial charge >= 0.3 is 0 Å². The first-order chi connectivity index (χ1) is 8.29. The van der Waals surface area contributed by atoms with Crippen LogP contribution in [0.25, 0.3) is 0 Å². The second kappa shape index (κ2) is 6.36. The lowest BCUT2D eigenvalue weighted by Gasteiger charge is -2.32. The van der Waals surface area contributed by atoms with Gasteiger partial charge in [-0.3, -0.25) is 4.79 Å². The average molecular weight is 239 g/mol. The lowest BCUT2D eigenvalue weighted by atomic mass is 9.97. The number of hydrogen-bond acceptors (Lipinski definition) is 3. The Balaban J connectivity index is 1.71. The van der Waals surface area contributed by atoms with Crippen LogP contribution in [0.1, 0.15) is 32.6 Å². The smallest absolute Gasteiger partial charge is 0.224 e. The monoisotopic (exact) mass is 239 g/mol. The van der Waals surface area contributed by atoms with E-state index in [4.69, 9.17) is 0 Å². The minimum Gasteiger partial charge on any atom is -0.353 e. The van der Waals surface area contributed by atoms with E-state index in [0.29, 0.717) is 6.04 Å². The maximum absolute atomic E-state index is 12.1. The Bertz CT molecular complexity index is 243. The first kappa shape index (κ1) is 12.8. The van der Waals surface area contributed by atoms with E-state index in [9.17, 15) is 4.79 Å².